The molecule has 13 heteroatoms. The first kappa shape index (κ1) is 38.8. The number of imide groups is 2. The summed E-state index contributed by atoms with van der Waals surface area (Å²) in [6.07, 6.45) is 6.22. The lowest BCUT2D eigenvalue weighted by molar-refractivity contribution is -0.136. The van der Waals surface area contributed by atoms with E-state index in [9.17, 15) is 24.0 Å². The average molecular weight is 812 g/mol. The second-order valence-electron chi connectivity index (χ2n) is 16.9. The highest BCUT2D eigenvalue weighted by molar-refractivity contribution is 6.33. The second-order valence-corrected chi connectivity index (χ2v) is 17.4. The van der Waals surface area contributed by atoms with Crippen LogP contribution in [0.2, 0.25) is 5.02 Å². The fraction of sp³-hybridized carbons (Fsp3) is 0.435. The maximum atomic E-state index is 13.4. The summed E-state index contributed by atoms with van der Waals surface area (Å²) in [5, 5.41) is 2.74. The van der Waals surface area contributed by atoms with Gasteiger partial charge in [0.2, 0.25) is 17.5 Å². The standard InChI is InChI=1S/C46H46ClN7O5/c1-48-39-11-9-35(27-38(39)47)53-28-46(29-53)18-24-52(25-19-46)43(57)32-6-4-30(5-7-32)2-3-31-14-20-50(21-15-31)33-16-22-51(23-17-33)34-8-10-36-37(26-34)45(59)54(44(36)58)40-12-13-41(55)49-42(40)56/h4-11,26-27,31,33,40H,12-25,28-29H2,(H,49,55,56). The Morgan fingerprint density at radius 2 is 1.46 bits per heavy atom. The molecule has 5 amide bonds. The number of rotatable bonds is 5. The van der Waals surface area contributed by atoms with Gasteiger partial charge in [0.15, 0.2) is 0 Å². The lowest BCUT2D eigenvalue weighted by Crippen LogP contribution is -2.61. The van der Waals surface area contributed by atoms with Gasteiger partial charge in [0.25, 0.3) is 17.7 Å². The smallest absolute Gasteiger partial charge is 0.262 e. The van der Waals surface area contributed by atoms with E-state index in [1.54, 1.807) is 18.2 Å². The molecule has 12 nitrogen and oxygen atoms in total. The van der Waals surface area contributed by atoms with E-state index in [-0.39, 0.29) is 30.1 Å². The van der Waals surface area contributed by atoms with Crippen LogP contribution >= 0.6 is 11.6 Å². The van der Waals surface area contributed by atoms with Gasteiger partial charge in [-0.1, -0.05) is 29.5 Å². The molecule has 0 aromatic heterocycles. The van der Waals surface area contributed by atoms with Crippen molar-refractivity contribution < 1.29 is 24.0 Å². The van der Waals surface area contributed by atoms with Crippen LogP contribution in [-0.4, -0.2) is 109 Å². The van der Waals surface area contributed by atoms with Crippen molar-refractivity contribution in [3.05, 3.63) is 99.4 Å². The van der Waals surface area contributed by atoms with Crippen molar-refractivity contribution in [1.82, 2.24) is 20.0 Å². The summed E-state index contributed by atoms with van der Waals surface area (Å²) in [4.78, 5) is 77.5. The van der Waals surface area contributed by atoms with Crippen LogP contribution in [0, 0.1) is 29.7 Å². The molecule has 5 saturated heterocycles. The third-order valence-electron chi connectivity index (χ3n) is 13.4. The quantitative estimate of drug-likeness (QED) is 0.196. The van der Waals surface area contributed by atoms with E-state index in [2.05, 4.69) is 36.7 Å². The summed E-state index contributed by atoms with van der Waals surface area (Å²) in [7, 11) is 0. The Morgan fingerprint density at radius 3 is 2.14 bits per heavy atom. The molecule has 1 atom stereocenters. The third kappa shape index (κ3) is 7.56. The number of likely N-dealkylation sites (tertiary alicyclic amines) is 2. The summed E-state index contributed by atoms with van der Waals surface area (Å²) < 4.78 is 0. The topological polar surface area (TPSA) is 118 Å². The lowest BCUT2D eigenvalue weighted by Gasteiger charge is -2.55. The van der Waals surface area contributed by atoms with Gasteiger partial charge < -0.3 is 19.6 Å². The molecule has 0 bridgehead atoms. The molecule has 0 saturated carbocycles. The van der Waals surface area contributed by atoms with Crippen LogP contribution in [-0.2, 0) is 9.59 Å². The van der Waals surface area contributed by atoms with Gasteiger partial charge in [-0.3, -0.25) is 34.2 Å². The Hall–Kier alpha value is -5.69. The maximum Gasteiger partial charge on any atom is 0.262 e. The molecule has 5 fully saturated rings. The molecule has 1 N–H and O–H groups in total. The molecule has 6 aliphatic heterocycles. The number of fused-ring (bicyclic) bond motifs is 1. The van der Waals surface area contributed by atoms with E-state index in [1.807, 2.05) is 47.4 Å². The van der Waals surface area contributed by atoms with Gasteiger partial charge in [0, 0.05) is 90.6 Å². The van der Waals surface area contributed by atoms with Crippen molar-refractivity contribution in [3.63, 3.8) is 0 Å². The third-order valence-corrected chi connectivity index (χ3v) is 13.7. The molecule has 59 heavy (non-hydrogen) atoms. The van der Waals surface area contributed by atoms with Crippen LogP contribution in [0.1, 0.15) is 88.0 Å². The van der Waals surface area contributed by atoms with Crippen LogP contribution < -0.4 is 15.1 Å². The van der Waals surface area contributed by atoms with Crippen LogP contribution in [0.5, 0.6) is 0 Å². The fourth-order valence-corrected chi connectivity index (χ4v) is 10.1. The average Bonchev–Trinajstić information content (AvgIpc) is 3.50. The fourth-order valence-electron chi connectivity index (χ4n) is 9.85. The minimum atomic E-state index is -0.969. The van der Waals surface area contributed by atoms with Crippen molar-refractivity contribution in [1.29, 1.82) is 0 Å². The number of anilines is 2. The first-order chi connectivity index (χ1) is 28.6. The van der Waals surface area contributed by atoms with Gasteiger partial charge in [0.1, 0.15) is 6.04 Å². The van der Waals surface area contributed by atoms with E-state index in [0.29, 0.717) is 39.4 Å². The van der Waals surface area contributed by atoms with Crippen LogP contribution in [0.4, 0.5) is 17.1 Å². The van der Waals surface area contributed by atoms with Gasteiger partial charge >= 0.3 is 0 Å². The Bertz CT molecular complexity index is 2310. The molecular formula is C46H46ClN7O5. The Labute approximate surface area is 349 Å². The van der Waals surface area contributed by atoms with Gasteiger partial charge in [-0.25, -0.2) is 4.85 Å². The van der Waals surface area contributed by atoms with Gasteiger partial charge in [0.05, 0.1) is 17.7 Å². The molecule has 1 unspecified atom stereocenters. The maximum absolute atomic E-state index is 13.4. The molecule has 6 aliphatic rings. The van der Waals surface area contributed by atoms with Crippen molar-refractivity contribution in [2.75, 3.05) is 62.2 Å². The predicted molar refractivity (Wildman–Crippen MR) is 223 cm³/mol. The molecule has 0 radical (unpaired) electrons. The van der Waals surface area contributed by atoms with E-state index in [1.165, 1.54) is 0 Å². The number of halogens is 1. The molecule has 0 aliphatic carbocycles. The van der Waals surface area contributed by atoms with E-state index < -0.39 is 23.8 Å². The molecule has 9 rings (SSSR count). The minimum absolute atomic E-state index is 0.0764. The molecule has 3 aromatic carbocycles. The van der Waals surface area contributed by atoms with Gasteiger partial charge in [-0.15, -0.1) is 0 Å². The van der Waals surface area contributed by atoms with Crippen molar-refractivity contribution in [2.24, 2.45) is 11.3 Å². The summed E-state index contributed by atoms with van der Waals surface area (Å²) in [5.41, 5.74) is 4.89. The van der Waals surface area contributed by atoms with Crippen LogP contribution in [0.15, 0.2) is 60.7 Å². The first-order valence-corrected chi connectivity index (χ1v) is 21.1. The van der Waals surface area contributed by atoms with Crippen molar-refractivity contribution >= 4 is 58.2 Å². The van der Waals surface area contributed by atoms with E-state index in [0.717, 1.165) is 113 Å². The number of hydrogen-bond donors (Lipinski definition) is 1. The van der Waals surface area contributed by atoms with E-state index in [4.69, 9.17) is 18.2 Å². The SMILES string of the molecule is [C-]#[N+]c1ccc(N2CC3(CCN(C(=O)c4ccc(C#CC5CCN(C6CCN(c7ccc8c(c7)C(=O)N(C7CCC(=O)NC7=O)C8=O)CC6)CC5)cc4)CC3)C2)cc1Cl. The summed E-state index contributed by atoms with van der Waals surface area (Å²) in [6, 6.07) is 18.2. The molecule has 302 valence electrons. The zero-order chi connectivity index (χ0) is 40.8. The first-order valence-electron chi connectivity index (χ1n) is 20.8. The predicted octanol–water partition coefficient (Wildman–Crippen LogP) is 5.77. The largest absolute Gasteiger partial charge is 0.371 e. The highest BCUT2D eigenvalue weighted by Gasteiger charge is 2.46. The number of piperidine rings is 4. The number of amides is 5. The lowest BCUT2D eigenvalue weighted by atomic mass is 9.71. The number of benzene rings is 3. The summed E-state index contributed by atoms with van der Waals surface area (Å²) >= 11 is 6.27. The highest BCUT2D eigenvalue weighted by atomic mass is 35.5. The van der Waals surface area contributed by atoms with Crippen LogP contribution in [0.3, 0.4) is 0 Å². The normalized spacial score (nSPS) is 22.4. The molecule has 1 spiro atoms. The number of hydrogen-bond acceptors (Lipinski definition) is 8. The van der Waals surface area contributed by atoms with Gasteiger partial charge in [-0.05, 0) is 113 Å². The Kier molecular flexibility index (Phi) is 10.4. The van der Waals surface area contributed by atoms with Crippen LogP contribution in [0.25, 0.3) is 4.85 Å². The van der Waals surface area contributed by atoms with E-state index >= 15 is 0 Å². The highest BCUT2D eigenvalue weighted by Crippen LogP contribution is 2.44. The Morgan fingerprint density at radius 1 is 0.780 bits per heavy atom. The number of nitrogens with one attached hydrogen (secondary N) is 1. The number of nitrogens with zero attached hydrogens (tertiary/aromatic N) is 6. The zero-order valence-electron chi connectivity index (χ0n) is 32.9. The van der Waals surface area contributed by atoms with Crippen molar-refractivity contribution in [2.45, 2.75) is 63.5 Å². The number of carbonyl (C=O) groups excluding carboxylic acids is 5. The Balaban J connectivity index is 0.712. The monoisotopic (exact) mass is 811 g/mol. The zero-order valence-corrected chi connectivity index (χ0v) is 33.7. The summed E-state index contributed by atoms with van der Waals surface area (Å²) in [6.45, 7) is 14.3. The molecular weight excluding hydrogens is 766 g/mol. The van der Waals surface area contributed by atoms with Crippen molar-refractivity contribution in [3.8, 4) is 11.8 Å². The minimum Gasteiger partial charge on any atom is -0.371 e. The van der Waals surface area contributed by atoms with Gasteiger partial charge in [-0.2, -0.15) is 0 Å². The molecule has 6 heterocycles. The molecule has 3 aromatic rings. The second kappa shape index (κ2) is 15.8. The summed E-state index contributed by atoms with van der Waals surface area (Å²) in [5.74, 6) is 5.33. The number of carbonyl (C=O) groups is 5.